The highest BCUT2D eigenvalue weighted by atomic mass is 19.1. The summed E-state index contributed by atoms with van der Waals surface area (Å²) >= 11 is 0. The van der Waals surface area contributed by atoms with E-state index in [1.54, 1.807) is 41.8 Å². The van der Waals surface area contributed by atoms with E-state index in [4.69, 9.17) is 4.74 Å². The van der Waals surface area contributed by atoms with Gasteiger partial charge in [0.1, 0.15) is 11.6 Å². The topological polar surface area (TPSA) is 76.5 Å². The van der Waals surface area contributed by atoms with Crippen molar-refractivity contribution in [2.75, 3.05) is 25.5 Å². The number of methoxy groups -OCH3 is 1. The van der Waals surface area contributed by atoms with Crippen molar-refractivity contribution in [3.8, 4) is 22.7 Å². The number of hydrogen-bond acceptors (Lipinski definition) is 4. The van der Waals surface area contributed by atoms with E-state index < -0.39 is 0 Å². The van der Waals surface area contributed by atoms with Crippen molar-refractivity contribution >= 4 is 17.8 Å². The van der Waals surface area contributed by atoms with Crippen molar-refractivity contribution in [2.24, 2.45) is 5.92 Å². The van der Waals surface area contributed by atoms with E-state index in [0.717, 1.165) is 11.3 Å². The number of nitrogens with one attached hydrogen (secondary N) is 1. The van der Waals surface area contributed by atoms with Crippen molar-refractivity contribution in [1.82, 2.24) is 14.5 Å². The highest BCUT2D eigenvalue weighted by Gasteiger charge is 2.19. The van der Waals surface area contributed by atoms with Crippen LogP contribution in [0.5, 0.6) is 5.75 Å². The first-order valence-corrected chi connectivity index (χ1v) is 10.9. The number of anilines is 1. The first kappa shape index (κ1) is 24.0. The van der Waals surface area contributed by atoms with Gasteiger partial charge in [0.15, 0.2) is 0 Å². The molecule has 0 radical (unpaired) electrons. The first-order chi connectivity index (χ1) is 15.8. The number of amides is 2. The van der Waals surface area contributed by atoms with Crippen LogP contribution in [-0.2, 0) is 9.59 Å². The zero-order chi connectivity index (χ0) is 24.0. The number of hydrogen-bond donors (Lipinski definition) is 1. The number of benzene rings is 2. The summed E-state index contributed by atoms with van der Waals surface area (Å²) < 4.78 is 20.4. The molecule has 0 saturated carbocycles. The van der Waals surface area contributed by atoms with Crippen molar-refractivity contribution < 1.29 is 18.7 Å². The Kier molecular flexibility index (Phi) is 7.82. The normalized spacial score (nSPS) is 10.8. The number of carbonyl (C=O) groups excluding carboxylic acids is 2. The molecule has 7 nitrogen and oxygen atoms in total. The lowest BCUT2D eigenvalue weighted by Crippen LogP contribution is -2.40. The molecule has 174 valence electrons. The van der Waals surface area contributed by atoms with Crippen LogP contribution in [-0.4, -0.2) is 46.5 Å². The molecule has 1 aromatic heterocycles. The minimum atomic E-state index is -0.359. The van der Waals surface area contributed by atoms with Crippen LogP contribution in [0.1, 0.15) is 27.2 Å². The highest BCUT2D eigenvalue weighted by molar-refractivity contribution is 5.93. The Morgan fingerprint density at radius 3 is 2.36 bits per heavy atom. The van der Waals surface area contributed by atoms with Gasteiger partial charge < -0.3 is 9.64 Å². The quantitative estimate of drug-likeness (QED) is 0.518. The SMILES string of the molecule is CCC(=O)N(CC(=O)Nc1nc(-c2ccc(OC)cc2)cn1-c1ccc(F)cc1)CC(C)C. The summed E-state index contributed by atoms with van der Waals surface area (Å²) in [6.45, 7) is 6.19. The second kappa shape index (κ2) is 10.8. The molecular weight excluding hydrogens is 423 g/mol. The maximum atomic E-state index is 13.5. The Bertz CT molecular complexity index is 1090. The molecule has 2 amide bonds. The van der Waals surface area contributed by atoms with Gasteiger partial charge in [-0.2, -0.15) is 0 Å². The van der Waals surface area contributed by atoms with Crippen molar-refractivity contribution in [3.63, 3.8) is 0 Å². The maximum absolute atomic E-state index is 13.5. The van der Waals surface area contributed by atoms with Crippen LogP contribution in [0.15, 0.2) is 54.7 Å². The minimum Gasteiger partial charge on any atom is -0.497 e. The number of aromatic nitrogens is 2. The summed E-state index contributed by atoms with van der Waals surface area (Å²) in [6, 6.07) is 13.3. The minimum absolute atomic E-state index is 0.0704. The Morgan fingerprint density at radius 2 is 1.79 bits per heavy atom. The molecule has 3 aromatic rings. The van der Waals surface area contributed by atoms with Crippen LogP contribution in [0.25, 0.3) is 16.9 Å². The predicted octanol–water partition coefficient (Wildman–Crippen LogP) is 4.52. The highest BCUT2D eigenvalue weighted by Crippen LogP contribution is 2.26. The maximum Gasteiger partial charge on any atom is 0.246 e. The molecular formula is C25H29FN4O3. The average Bonchev–Trinajstić information content (AvgIpc) is 3.21. The monoisotopic (exact) mass is 452 g/mol. The van der Waals surface area contributed by atoms with Gasteiger partial charge in [-0.1, -0.05) is 20.8 Å². The molecule has 0 aliphatic heterocycles. The lowest BCUT2D eigenvalue weighted by Gasteiger charge is -2.23. The molecule has 1 N–H and O–H groups in total. The Hall–Kier alpha value is -3.68. The van der Waals surface area contributed by atoms with Gasteiger partial charge in [0.05, 0.1) is 19.3 Å². The molecule has 1 heterocycles. The molecule has 0 aliphatic carbocycles. The van der Waals surface area contributed by atoms with E-state index in [1.807, 2.05) is 38.1 Å². The summed E-state index contributed by atoms with van der Waals surface area (Å²) in [4.78, 5) is 31.3. The molecule has 0 spiro atoms. The zero-order valence-electron chi connectivity index (χ0n) is 19.3. The zero-order valence-corrected chi connectivity index (χ0v) is 19.3. The van der Waals surface area contributed by atoms with E-state index in [0.29, 0.717) is 24.3 Å². The molecule has 0 saturated heterocycles. The van der Waals surface area contributed by atoms with Gasteiger partial charge in [0, 0.05) is 30.4 Å². The Balaban J connectivity index is 1.91. The predicted molar refractivity (Wildman–Crippen MR) is 126 cm³/mol. The molecule has 33 heavy (non-hydrogen) atoms. The second-order valence-electron chi connectivity index (χ2n) is 8.09. The van der Waals surface area contributed by atoms with E-state index in [1.165, 1.54) is 12.1 Å². The van der Waals surface area contributed by atoms with Crippen LogP contribution in [0.4, 0.5) is 10.3 Å². The summed E-state index contributed by atoms with van der Waals surface area (Å²) in [5, 5.41) is 2.82. The van der Waals surface area contributed by atoms with Crippen LogP contribution in [0, 0.1) is 11.7 Å². The molecule has 0 aliphatic rings. The summed E-state index contributed by atoms with van der Waals surface area (Å²) in [5.74, 6) is 0.438. The summed E-state index contributed by atoms with van der Waals surface area (Å²) in [5.41, 5.74) is 2.10. The van der Waals surface area contributed by atoms with Crippen LogP contribution in [0.2, 0.25) is 0 Å². The number of rotatable bonds is 9. The van der Waals surface area contributed by atoms with Crippen molar-refractivity contribution in [3.05, 3.63) is 60.5 Å². The first-order valence-electron chi connectivity index (χ1n) is 10.9. The van der Waals surface area contributed by atoms with Gasteiger partial charge in [0.25, 0.3) is 0 Å². The molecule has 3 rings (SSSR count). The largest absolute Gasteiger partial charge is 0.497 e. The fraction of sp³-hybridized carbons (Fsp3) is 0.320. The lowest BCUT2D eigenvalue weighted by molar-refractivity contribution is -0.134. The van der Waals surface area contributed by atoms with Gasteiger partial charge in [-0.15, -0.1) is 0 Å². The standard InChI is InChI=1S/C25H29FN4O3/c1-5-24(32)29(14-17(2)3)16-23(31)28-25-27-22(18-6-12-21(33-4)13-7-18)15-30(25)20-10-8-19(26)9-11-20/h6-13,15,17H,5,14,16H2,1-4H3,(H,27,28,31). The van der Waals surface area contributed by atoms with Gasteiger partial charge in [-0.25, -0.2) is 9.37 Å². The fourth-order valence-corrected chi connectivity index (χ4v) is 3.42. The number of nitrogens with zero attached hydrogens (tertiary/aromatic N) is 3. The third-order valence-electron chi connectivity index (χ3n) is 5.02. The molecule has 2 aromatic carbocycles. The van der Waals surface area contributed by atoms with E-state index in [2.05, 4.69) is 10.3 Å². The van der Waals surface area contributed by atoms with Gasteiger partial charge in [-0.05, 0) is 54.4 Å². The molecule has 8 heteroatoms. The molecule has 0 atom stereocenters. The third-order valence-corrected chi connectivity index (χ3v) is 5.02. The van der Waals surface area contributed by atoms with Crippen LogP contribution < -0.4 is 10.1 Å². The molecule has 0 unspecified atom stereocenters. The van der Waals surface area contributed by atoms with Crippen LogP contribution >= 0.6 is 0 Å². The Morgan fingerprint density at radius 1 is 1.12 bits per heavy atom. The van der Waals surface area contributed by atoms with Crippen molar-refractivity contribution in [2.45, 2.75) is 27.2 Å². The van der Waals surface area contributed by atoms with Gasteiger partial charge in [0.2, 0.25) is 17.8 Å². The number of imidazole rings is 1. The van der Waals surface area contributed by atoms with Crippen LogP contribution in [0.3, 0.4) is 0 Å². The smallest absolute Gasteiger partial charge is 0.246 e. The lowest BCUT2D eigenvalue weighted by atomic mass is 10.1. The fourth-order valence-electron chi connectivity index (χ4n) is 3.42. The third kappa shape index (κ3) is 6.19. The van der Waals surface area contributed by atoms with Crippen molar-refractivity contribution in [1.29, 1.82) is 0 Å². The summed E-state index contributed by atoms with van der Waals surface area (Å²) in [7, 11) is 1.60. The van der Waals surface area contributed by atoms with E-state index >= 15 is 0 Å². The molecule has 0 fully saturated rings. The van der Waals surface area contributed by atoms with Gasteiger partial charge >= 0.3 is 0 Å². The van der Waals surface area contributed by atoms with Gasteiger partial charge in [-0.3, -0.25) is 19.5 Å². The number of ether oxygens (including phenoxy) is 1. The second-order valence-corrected chi connectivity index (χ2v) is 8.09. The number of carbonyl (C=O) groups is 2. The number of halogens is 1. The molecule has 0 bridgehead atoms. The van der Waals surface area contributed by atoms with E-state index in [-0.39, 0.29) is 36.0 Å². The Labute approximate surface area is 193 Å². The summed E-state index contributed by atoms with van der Waals surface area (Å²) in [6.07, 6.45) is 2.10. The van der Waals surface area contributed by atoms with E-state index in [9.17, 15) is 14.0 Å². The average molecular weight is 453 g/mol.